The van der Waals surface area contributed by atoms with E-state index in [1.54, 1.807) is 0 Å². The summed E-state index contributed by atoms with van der Waals surface area (Å²) in [4.78, 5) is 17.3. The van der Waals surface area contributed by atoms with Gasteiger partial charge in [-0.25, -0.2) is 9.37 Å². The molecule has 0 unspecified atom stereocenters. The van der Waals surface area contributed by atoms with Gasteiger partial charge < -0.3 is 10.2 Å². The standard InChI is InChI=1S/C14H19F2N3O/c1-2-19-7-4-10(5-8-19)9-18-14(20)11-3-6-17-13(16)12(11)15/h3,6,10H,2,4-5,7-9H2,1H3,(H,18,20). The summed E-state index contributed by atoms with van der Waals surface area (Å²) in [7, 11) is 0. The predicted molar refractivity (Wildman–Crippen MR) is 71.3 cm³/mol. The van der Waals surface area contributed by atoms with Gasteiger partial charge in [0.1, 0.15) is 0 Å². The lowest BCUT2D eigenvalue weighted by Crippen LogP contribution is -2.38. The number of rotatable bonds is 4. The minimum absolute atomic E-state index is 0.288. The van der Waals surface area contributed by atoms with Gasteiger partial charge in [0.15, 0.2) is 5.82 Å². The Hall–Kier alpha value is -1.56. The van der Waals surface area contributed by atoms with Crippen LogP contribution in [0.4, 0.5) is 8.78 Å². The van der Waals surface area contributed by atoms with Gasteiger partial charge >= 0.3 is 0 Å². The molecule has 1 amide bonds. The third-order valence-electron chi connectivity index (χ3n) is 3.80. The van der Waals surface area contributed by atoms with E-state index >= 15 is 0 Å². The first-order valence-corrected chi connectivity index (χ1v) is 6.92. The van der Waals surface area contributed by atoms with Gasteiger partial charge in [-0.1, -0.05) is 6.92 Å². The van der Waals surface area contributed by atoms with Crippen molar-refractivity contribution in [1.82, 2.24) is 15.2 Å². The summed E-state index contributed by atoms with van der Waals surface area (Å²) in [6, 6.07) is 1.19. The number of halogens is 2. The van der Waals surface area contributed by atoms with Crippen LogP contribution in [0.15, 0.2) is 12.3 Å². The van der Waals surface area contributed by atoms with Crippen molar-refractivity contribution < 1.29 is 13.6 Å². The molecule has 1 fully saturated rings. The molecule has 1 aliphatic rings. The first kappa shape index (κ1) is 14.8. The van der Waals surface area contributed by atoms with Gasteiger partial charge in [0.2, 0.25) is 5.95 Å². The summed E-state index contributed by atoms with van der Waals surface area (Å²) in [5.41, 5.74) is -0.288. The van der Waals surface area contributed by atoms with Crippen molar-refractivity contribution in [2.24, 2.45) is 5.92 Å². The van der Waals surface area contributed by atoms with E-state index in [1.165, 1.54) is 6.07 Å². The molecule has 110 valence electrons. The lowest BCUT2D eigenvalue weighted by molar-refractivity contribution is 0.0931. The molecule has 0 bridgehead atoms. The normalized spacial score (nSPS) is 17.1. The first-order valence-electron chi connectivity index (χ1n) is 6.92. The minimum Gasteiger partial charge on any atom is -0.352 e. The largest absolute Gasteiger partial charge is 0.352 e. The van der Waals surface area contributed by atoms with Gasteiger partial charge in [-0.2, -0.15) is 4.39 Å². The molecule has 20 heavy (non-hydrogen) atoms. The second-order valence-electron chi connectivity index (χ2n) is 5.05. The van der Waals surface area contributed by atoms with Crippen LogP contribution >= 0.6 is 0 Å². The summed E-state index contributed by atoms with van der Waals surface area (Å²) < 4.78 is 26.4. The van der Waals surface area contributed by atoms with E-state index in [0.29, 0.717) is 12.5 Å². The van der Waals surface area contributed by atoms with Crippen molar-refractivity contribution >= 4 is 5.91 Å². The third kappa shape index (κ3) is 3.50. The Labute approximate surface area is 117 Å². The monoisotopic (exact) mass is 283 g/mol. The maximum Gasteiger partial charge on any atom is 0.254 e. The molecule has 0 radical (unpaired) electrons. The number of hydrogen-bond acceptors (Lipinski definition) is 3. The molecule has 0 spiro atoms. The molecule has 1 N–H and O–H groups in total. The number of nitrogens with zero attached hydrogens (tertiary/aromatic N) is 2. The van der Waals surface area contributed by atoms with Gasteiger partial charge in [0, 0.05) is 12.7 Å². The molecule has 0 atom stereocenters. The molecule has 2 heterocycles. The van der Waals surface area contributed by atoms with Crippen LogP contribution in [-0.2, 0) is 0 Å². The fraction of sp³-hybridized carbons (Fsp3) is 0.571. The SMILES string of the molecule is CCN1CCC(CNC(=O)c2ccnc(F)c2F)CC1. The number of hydrogen-bond donors (Lipinski definition) is 1. The van der Waals surface area contributed by atoms with E-state index in [9.17, 15) is 13.6 Å². The summed E-state index contributed by atoms with van der Waals surface area (Å²) in [5, 5.41) is 2.68. The van der Waals surface area contributed by atoms with Crippen molar-refractivity contribution in [3.8, 4) is 0 Å². The maximum atomic E-state index is 13.4. The molecule has 2 rings (SSSR count). The van der Waals surface area contributed by atoms with E-state index in [2.05, 4.69) is 22.1 Å². The van der Waals surface area contributed by atoms with Crippen LogP contribution < -0.4 is 5.32 Å². The number of amides is 1. The van der Waals surface area contributed by atoms with E-state index in [1.807, 2.05) is 0 Å². The lowest BCUT2D eigenvalue weighted by atomic mass is 9.97. The Morgan fingerprint density at radius 1 is 1.45 bits per heavy atom. The number of carbonyl (C=O) groups is 1. The summed E-state index contributed by atoms with van der Waals surface area (Å²) >= 11 is 0. The van der Waals surface area contributed by atoms with E-state index in [-0.39, 0.29) is 5.56 Å². The number of carbonyl (C=O) groups excluding carboxylic acids is 1. The number of nitrogens with one attached hydrogen (secondary N) is 1. The number of aromatic nitrogens is 1. The molecule has 0 aromatic carbocycles. The highest BCUT2D eigenvalue weighted by molar-refractivity contribution is 5.94. The third-order valence-corrected chi connectivity index (χ3v) is 3.80. The molecular formula is C14H19F2N3O. The van der Waals surface area contributed by atoms with Gasteiger partial charge in [0.05, 0.1) is 5.56 Å². The Morgan fingerprint density at radius 2 is 2.15 bits per heavy atom. The number of piperidine rings is 1. The molecule has 1 aliphatic heterocycles. The smallest absolute Gasteiger partial charge is 0.254 e. The Kier molecular flexibility index (Phi) is 5.00. The first-order chi connectivity index (χ1) is 9.61. The highest BCUT2D eigenvalue weighted by Crippen LogP contribution is 2.16. The van der Waals surface area contributed by atoms with Crippen LogP contribution in [0.25, 0.3) is 0 Å². The number of likely N-dealkylation sites (tertiary alicyclic amines) is 1. The lowest BCUT2D eigenvalue weighted by Gasteiger charge is -2.31. The van der Waals surface area contributed by atoms with Gasteiger partial charge in [0.25, 0.3) is 5.91 Å². The highest BCUT2D eigenvalue weighted by atomic mass is 19.2. The van der Waals surface area contributed by atoms with Crippen LogP contribution in [0, 0.1) is 17.7 Å². The van der Waals surface area contributed by atoms with Crippen molar-refractivity contribution in [3.05, 3.63) is 29.6 Å². The van der Waals surface area contributed by atoms with Crippen molar-refractivity contribution in [2.75, 3.05) is 26.2 Å². The Morgan fingerprint density at radius 3 is 2.80 bits per heavy atom. The molecule has 1 saturated heterocycles. The van der Waals surface area contributed by atoms with Crippen molar-refractivity contribution in [1.29, 1.82) is 0 Å². The van der Waals surface area contributed by atoms with Crippen LogP contribution in [0.5, 0.6) is 0 Å². The topological polar surface area (TPSA) is 45.2 Å². The maximum absolute atomic E-state index is 13.4. The van der Waals surface area contributed by atoms with Crippen LogP contribution in [-0.4, -0.2) is 42.0 Å². The molecule has 6 heteroatoms. The van der Waals surface area contributed by atoms with Gasteiger partial charge in [-0.15, -0.1) is 0 Å². The second kappa shape index (κ2) is 6.74. The van der Waals surface area contributed by atoms with E-state index in [0.717, 1.165) is 38.7 Å². The zero-order chi connectivity index (χ0) is 14.5. The van der Waals surface area contributed by atoms with Crippen molar-refractivity contribution in [3.63, 3.8) is 0 Å². The molecular weight excluding hydrogens is 264 g/mol. The molecule has 0 saturated carbocycles. The Balaban J connectivity index is 1.85. The molecule has 0 aliphatic carbocycles. The molecule has 1 aromatic heterocycles. The van der Waals surface area contributed by atoms with Crippen LogP contribution in [0.1, 0.15) is 30.1 Å². The molecule has 4 nitrogen and oxygen atoms in total. The van der Waals surface area contributed by atoms with Gasteiger partial charge in [-0.3, -0.25) is 4.79 Å². The molecule has 1 aromatic rings. The van der Waals surface area contributed by atoms with Crippen LogP contribution in [0.3, 0.4) is 0 Å². The van der Waals surface area contributed by atoms with Crippen LogP contribution in [0.2, 0.25) is 0 Å². The average Bonchev–Trinajstić information content (AvgIpc) is 2.48. The highest BCUT2D eigenvalue weighted by Gasteiger charge is 2.20. The van der Waals surface area contributed by atoms with Crippen molar-refractivity contribution in [2.45, 2.75) is 19.8 Å². The zero-order valence-corrected chi connectivity index (χ0v) is 11.5. The summed E-state index contributed by atoms with van der Waals surface area (Å²) in [6.45, 7) is 5.72. The fourth-order valence-corrected chi connectivity index (χ4v) is 2.43. The fourth-order valence-electron chi connectivity index (χ4n) is 2.43. The minimum atomic E-state index is -1.24. The summed E-state index contributed by atoms with van der Waals surface area (Å²) in [5.74, 6) is -2.61. The Bertz CT molecular complexity index is 473. The van der Waals surface area contributed by atoms with E-state index < -0.39 is 17.7 Å². The van der Waals surface area contributed by atoms with E-state index in [4.69, 9.17) is 0 Å². The summed E-state index contributed by atoms with van der Waals surface area (Å²) in [6.07, 6.45) is 3.12. The number of pyridine rings is 1. The zero-order valence-electron chi connectivity index (χ0n) is 11.5. The van der Waals surface area contributed by atoms with Gasteiger partial charge in [-0.05, 0) is 44.5 Å². The quantitative estimate of drug-likeness (QED) is 0.857. The predicted octanol–water partition coefficient (Wildman–Crippen LogP) is 1.82. The second-order valence-corrected chi connectivity index (χ2v) is 5.05. The average molecular weight is 283 g/mol.